The number of rotatable bonds is 7. The third kappa shape index (κ3) is 4.28. The van der Waals surface area contributed by atoms with Crippen molar-refractivity contribution in [2.45, 2.75) is 6.42 Å². The molecule has 3 aromatic rings. The summed E-state index contributed by atoms with van der Waals surface area (Å²) in [6, 6.07) is 14.9. The van der Waals surface area contributed by atoms with Crippen LogP contribution in [0.4, 0.5) is 0 Å². The second-order valence-electron chi connectivity index (χ2n) is 5.95. The molecule has 0 aliphatic heterocycles. The van der Waals surface area contributed by atoms with Crippen LogP contribution in [0, 0.1) is 0 Å². The van der Waals surface area contributed by atoms with Crippen molar-refractivity contribution < 1.29 is 19.0 Å². The van der Waals surface area contributed by atoms with E-state index in [9.17, 15) is 4.79 Å². The van der Waals surface area contributed by atoms with Crippen molar-refractivity contribution in [3.05, 3.63) is 59.8 Å². The van der Waals surface area contributed by atoms with E-state index in [0.717, 1.165) is 22.2 Å². The minimum Gasteiger partial charge on any atom is -0.497 e. The molecule has 0 saturated heterocycles. The van der Waals surface area contributed by atoms with E-state index in [-0.39, 0.29) is 5.91 Å². The minimum atomic E-state index is -0.201. The summed E-state index contributed by atoms with van der Waals surface area (Å²) in [6.07, 6.45) is 0.677. The molecule has 0 bridgehead atoms. The summed E-state index contributed by atoms with van der Waals surface area (Å²) in [4.78, 5) is 16.8. The number of hydrogen-bond donors (Lipinski definition) is 1. The van der Waals surface area contributed by atoms with Crippen molar-refractivity contribution >= 4 is 16.8 Å². The molecule has 0 aliphatic carbocycles. The number of carbonyl (C=O) groups is 1. The van der Waals surface area contributed by atoms with E-state index in [0.29, 0.717) is 30.2 Å². The van der Waals surface area contributed by atoms with Crippen molar-refractivity contribution in [1.29, 1.82) is 0 Å². The Bertz CT molecular complexity index is 956. The Kier molecular flexibility index (Phi) is 5.76. The number of nitrogens with zero attached hydrogens (tertiary/aromatic N) is 1. The predicted molar refractivity (Wildman–Crippen MR) is 104 cm³/mol. The van der Waals surface area contributed by atoms with Crippen LogP contribution in [0.3, 0.4) is 0 Å². The summed E-state index contributed by atoms with van der Waals surface area (Å²) < 4.78 is 15.7. The molecule has 6 heteroatoms. The number of benzene rings is 2. The first-order valence-electron chi connectivity index (χ1n) is 8.58. The van der Waals surface area contributed by atoms with Gasteiger partial charge < -0.3 is 19.5 Å². The maximum absolute atomic E-state index is 12.4. The lowest BCUT2D eigenvalue weighted by Crippen LogP contribution is -2.26. The second-order valence-corrected chi connectivity index (χ2v) is 5.95. The zero-order valence-corrected chi connectivity index (χ0v) is 15.6. The molecule has 1 amide bonds. The summed E-state index contributed by atoms with van der Waals surface area (Å²) in [7, 11) is 4.82. The Labute approximate surface area is 158 Å². The van der Waals surface area contributed by atoms with Gasteiger partial charge >= 0.3 is 0 Å². The van der Waals surface area contributed by atoms with Crippen LogP contribution < -0.4 is 19.5 Å². The van der Waals surface area contributed by atoms with Gasteiger partial charge in [-0.15, -0.1) is 0 Å². The molecule has 1 N–H and O–H groups in total. The topological polar surface area (TPSA) is 69.7 Å². The van der Waals surface area contributed by atoms with Crippen LogP contribution in [0.1, 0.15) is 16.1 Å². The fourth-order valence-electron chi connectivity index (χ4n) is 2.80. The van der Waals surface area contributed by atoms with Gasteiger partial charge in [-0.05, 0) is 48.4 Å². The summed E-state index contributed by atoms with van der Waals surface area (Å²) in [5, 5.41) is 3.83. The molecule has 3 rings (SSSR count). The Morgan fingerprint density at radius 2 is 1.74 bits per heavy atom. The molecule has 0 atom stereocenters. The minimum absolute atomic E-state index is 0.201. The quantitative estimate of drug-likeness (QED) is 0.695. The van der Waals surface area contributed by atoms with E-state index in [4.69, 9.17) is 14.2 Å². The average Bonchev–Trinajstić information content (AvgIpc) is 2.72. The van der Waals surface area contributed by atoms with Gasteiger partial charge in [-0.25, -0.2) is 4.98 Å². The molecule has 2 aromatic carbocycles. The number of methoxy groups -OCH3 is 3. The molecule has 1 heterocycles. The van der Waals surface area contributed by atoms with Gasteiger partial charge in [-0.2, -0.15) is 0 Å². The Hall–Kier alpha value is -3.28. The molecule has 140 valence electrons. The number of fused-ring (bicyclic) bond motifs is 1. The number of nitrogens with one attached hydrogen (secondary N) is 1. The largest absolute Gasteiger partial charge is 0.497 e. The highest BCUT2D eigenvalue weighted by Gasteiger charge is 2.09. The van der Waals surface area contributed by atoms with Crippen LogP contribution in [0.5, 0.6) is 17.2 Å². The fraction of sp³-hybridized carbons (Fsp3) is 0.238. The molecular weight excluding hydrogens is 344 g/mol. The van der Waals surface area contributed by atoms with Crippen molar-refractivity contribution in [1.82, 2.24) is 10.3 Å². The van der Waals surface area contributed by atoms with Gasteiger partial charge in [-0.1, -0.05) is 12.1 Å². The number of pyridine rings is 1. The molecule has 0 spiro atoms. The first kappa shape index (κ1) is 18.5. The van der Waals surface area contributed by atoms with Crippen molar-refractivity contribution in [3.63, 3.8) is 0 Å². The third-order valence-electron chi connectivity index (χ3n) is 4.28. The van der Waals surface area contributed by atoms with E-state index in [1.54, 1.807) is 27.4 Å². The van der Waals surface area contributed by atoms with Gasteiger partial charge in [0.25, 0.3) is 5.91 Å². The number of aromatic nitrogens is 1. The first-order chi connectivity index (χ1) is 13.1. The molecule has 0 saturated carbocycles. The number of ether oxygens (including phenoxy) is 3. The highest BCUT2D eigenvalue weighted by molar-refractivity contribution is 5.95. The zero-order valence-electron chi connectivity index (χ0n) is 15.6. The maximum atomic E-state index is 12.4. The lowest BCUT2D eigenvalue weighted by molar-refractivity contribution is 0.0949. The molecular formula is C21H22N2O4. The van der Waals surface area contributed by atoms with Gasteiger partial charge in [0.05, 0.1) is 26.8 Å². The van der Waals surface area contributed by atoms with Crippen LogP contribution in [0.2, 0.25) is 0 Å². The Morgan fingerprint density at radius 1 is 0.926 bits per heavy atom. The first-order valence-corrected chi connectivity index (χ1v) is 8.58. The van der Waals surface area contributed by atoms with Crippen LogP contribution >= 0.6 is 0 Å². The van der Waals surface area contributed by atoms with Gasteiger partial charge in [0.15, 0.2) is 11.5 Å². The van der Waals surface area contributed by atoms with Crippen molar-refractivity contribution in [2.24, 2.45) is 0 Å². The molecule has 27 heavy (non-hydrogen) atoms. The fourth-order valence-corrected chi connectivity index (χ4v) is 2.80. The second kappa shape index (κ2) is 8.40. The predicted octanol–water partition coefficient (Wildman–Crippen LogP) is 3.23. The average molecular weight is 366 g/mol. The number of amides is 1. The molecule has 0 unspecified atom stereocenters. The van der Waals surface area contributed by atoms with Gasteiger partial charge in [0.1, 0.15) is 11.4 Å². The van der Waals surface area contributed by atoms with Gasteiger partial charge in [0, 0.05) is 11.9 Å². The number of hydrogen-bond acceptors (Lipinski definition) is 5. The van der Waals surface area contributed by atoms with Gasteiger partial charge in [-0.3, -0.25) is 4.79 Å². The summed E-state index contributed by atoms with van der Waals surface area (Å²) in [5.74, 6) is 1.92. The summed E-state index contributed by atoms with van der Waals surface area (Å²) in [6.45, 7) is 0.497. The highest BCUT2D eigenvalue weighted by Crippen LogP contribution is 2.27. The van der Waals surface area contributed by atoms with Crippen LogP contribution in [-0.4, -0.2) is 38.8 Å². The van der Waals surface area contributed by atoms with Crippen LogP contribution in [0.25, 0.3) is 10.9 Å². The SMILES string of the molecule is COc1ccc2nc(C(=O)NCCc3ccc(OC)c(OC)c3)ccc2c1. The Balaban J connectivity index is 1.63. The lowest BCUT2D eigenvalue weighted by Gasteiger charge is -2.10. The monoisotopic (exact) mass is 366 g/mol. The Morgan fingerprint density at radius 3 is 2.48 bits per heavy atom. The molecule has 1 aromatic heterocycles. The molecule has 0 radical (unpaired) electrons. The van der Waals surface area contributed by atoms with Crippen molar-refractivity contribution in [2.75, 3.05) is 27.9 Å². The molecule has 6 nitrogen and oxygen atoms in total. The summed E-state index contributed by atoms with van der Waals surface area (Å²) >= 11 is 0. The van der Waals surface area contributed by atoms with Crippen LogP contribution in [0.15, 0.2) is 48.5 Å². The van der Waals surface area contributed by atoms with E-state index in [2.05, 4.69) is 10.3 Å². The van der Waals surface area contributed by atoms with E-state index in [1.165, 1.54) is 0 Å². The van der Waals surface area contributed by atoms with E-state index >= 15 is 0 Å². The van der Waals surface area contributed by atoms with Crippen molar-refractivity contribution in [3.8, 4) is 17.2 Å². The summed E-state index contributed by atoms with van der Waals surface area (Å²) in [5.41, 5.74) is 2.19. The third-order valence-corrected chi connectivity index (χ3v) is 4.28. The standard InChI is InChI=1S/C21H22N2O4/c1-25-16-6-8-17-15(13-16)5-7-18(23-17)21(24)22-11-10-14-4-9-19(26-2)20(12-14)27-3/h4-9,12-13H,10-11H2,1-3H3,(H,22,24). The smallest absolute Gasteiger partial charge is 0.269 e. The molecule has 0 aliphatic rings. The normalized spacial score (nSPS) is 10.5. The molecule has 0 fully saturated rings. The lowest BCUT2D eigenvalue weighted by atomic mass is 10.1. The van der Waals surface area contributed by atoms with Gasteiger partial charge in [0.2, 0.25) is 0 Å². The zero-order chi connectivity index (χ0) is 19.2. The van der Waals surface area contributed by atoms with Crippen LogP contribution in [-0.2, 0) is 6.42 Å². The number of carbonyl (C=O) groups excluding carboxylic acids is 1. The highest BCUT2D eigenvalue weighted by atomic mass is 16.5. The maximum Gasteiger partial charge on any atom is 0.269 e. The van der Waals surface area contributed by atoms with E-state index < -0.39 is 0 Å². The van der Waals surface area contributed by atoms with E-state index in [1.807, 2.05) is 42.5 Å².